The summed E-state index contributed by atoms with van der Waals surface area (Å²) in [4.78, 5) is 12.6. The first-order valence-corrected chi connectivity index (χ1v) is 7.86. The van der Waals surface area contributed by atoms with Crippen LogP contribution in [0, 0.1) is 0 Å². The zero-order chi connectivity index (χ0) is 18.0. The van der Waals surface area contributed by atoms with E-state index in [1.54, 1.807) is 0 Å². The molecule has 0 amide bonds. The number of benzene rings is 1. The van der Waals surface area contributed by atoms with Gasteiger partial charge in [0, 0.05) is 5.02 Å². The van der Waals surface area contributed by atoms with Crippen LogP contribution in [-0.2, 0) is 17.5 Å². The molecule has 3 aromatic rings. The van der Waals surface area contributed by atoms with Gasteiger partial charge in [0.25, 0.3) is 0 Å². The molecule has 1 aromatic carbocycles. The number of rotatable bonds is 4. The summed E-state index contributed by atoms with van der Waals surface area (Å²) >= 11 is 6.72. The van der Waals surface area contributed by atoms with E-state index in [2.05, 4.69) is 14.7 Å². The third kappa shape index (κ3) is 3.80. The molecule has 130 valence electrons. The highest BCUT2D eigenvalue weighted by atomic mass is 35.5. The zero-order valence-corrected chi connectivity index (χ0v) is 13.8. The molecule has 0 saturated heterocycles. The Morgan fingerprint density at radius 1 is 1.24 bits per heavy atom. The highest BCUT2D eigenvalue weighted by Gasteiger charge is 2.41. The van der Waals surface area contributed by atoms with E-state index in [0.29, 0.717) is 14.6 Å². The first kappa shape index (κ1) is 17.4. The number of aromatic nitrogens is 4. The molecule has 2 heterocycles. The fraction of sp³-hybridized carbons (Fsp3) is 0.143. The molecular weight excluding hydrogens is 381 g/mol. The third-order valence-electron chi connectivity index (χ3n) is 3.08. The lowest BCUT2D eigenvalue weighted by atomic mass is 10.2. The average Bonchev–Trinajstić information content (AvgIpc) is 3.22. The van der Waals surface area contributed by atoms with Gasteiger partial charge in [0.15, 0.2) is 5.69 Å². The molecule has 0 aliphatic heterocycles. The van der Waals surface area contributed by atoms with Gasteiger partial charge in [-0.3, -0.25) is 0 Å². The normalized spacial score (nSPS) is 11.5. The molecule has 2 aromatic heterocycles. The zero-order valence-electron chi connectivity index (χ0n) is 12.2. The summed E-state index contributed by atoms with van der Waals surface area (Å²) in [5, 5.41) is 7.59. The van der Waals surface area contributed by atoms with Crippen LogP contribution in [0.15, 0.2) is 36.7 Å². The van der Waals surface area contributed by atoms with Gasteiger partial charge >= 0.3 is 12.1 Å². The van der Waals surface area contributed by atoms with Gasteiger partial charge in [-0.05, 0) is 35.8 Å². The van der Waals surface area contributed by atoms with Crippen LogP contribution in [0.25, 0.3) is 5.69 Å². The number of carbonyl (C=O) groups excluding carboxylic acids is 1. The number of hydrogen-bond acceptors (Lipinski definition) is 6. The quantitative estimate of drug-likeness (QED) is 0.636. The predicted molar refractivity (Wildman–Crippen MR) is 82.6 cm³/mol. The van der Waals surface area contributed by atoms with Crippen molar-refractivity contribution < 1.29 is 22.7 Å². The van der Waals surface area contributed by atoms with E-state index >= 15 is 0 Å². The first-order valence-electron chi connectivity index (χ1n) is 6.71. The lowest BCUT2D eigenvalue weighted by molar-refractivity contribution is -0.143. The van der Waals surface area contributed by atoms with E-state index in [9.17, 15) is 18.0 Å². The van der Waals surface area contributed by atoms with Crippen molar-refractivity contribution in [3.63, 3.8) is 0 Å². The van der Waals surface area contributed by atoms with Gasteiger partial charge in [-0.1, -0.05) is 16.1 Å². The van der Waals surface area contributed by atoms with Gasteiger partial charge in [0.1, 0.15) is 12.2 Å². The molecule has 25 heavy (non-hydrogen) atoms. The topological polar surface area (TPSA) is 69.9 Å². The summed E-state index contributed by atoms with van der Waals surface area (Å²) in [5.41, 5.74) is -1.79. The lowest BCUT2D eigenvalue weighted by Gasteiger charge is -2.12. The molecule has 0 N–H and O–H groups in total. The standard InChI is InChI=1S/C14H8ClF3N4O2S/c15-8-1-3-9(4-2-8)22-12(14(16,17)18)11(6-20-22)13(23)24-7-10-5-19-21-25-10/h1-6H,7H2. The van der Waals surface area contributed by atoms with Crippen LogP contribution in [-0.4, -0.2) is 25.3 Å². The summed E-state index contributed by atoms with van der Waals surface area (Å²) < 4.78 is 49.5. The Bertz CT molecular complexity index is 879. The molecular formula is C14H8ClF3N4O2S. The van der Waals surface area contributed by atoms with Gasteiger partial charge in [-0.2, -0.15) is 18.3 Å². The molecule has 11 heteroatoms. The lowest BCUT2D eigenvalue weighted by Crippen LogP contribution is -2.18. The molecule has 0 unspecified atom stereocenters. The van der Waals surface area contributed by atoms with Crippen LogP contribution in [0.4, 0.5) is 13.2 Å². The molecule has 3 rings (SSSR count). The number of carbonyl (C=O) groups is 1. The van der Waals surface area contributed by atoms with Crippen molar-refractivity contribution in [2.75, 3.05) is 0 Å². The monoisotopic (exact) mass is 388 g/mol. The highest BCUT2D eigenvalue weighted by Crippen LogP contribution is 2.34. The number of hydrogen-bond donors (Lipinski definition) is 0. The molecule has 6 nitrogen and oxygen atoms in total. The number of halogens is 4. The molecule has 0 fully saturated rings. The van der Waals surface area contributed by atoms with Crippen LogP contribution >= 0.6 is 23.1 Å². The number of esters is 1. The van der Waals surface area contributed by atoms with E-state index in [-0.39, 0.29) is 12.3 Å². The minimum Gasteiger partial charge on any atom is -0.456 e. The summed E-state index contributed by atoms with van der Waals surface area (Å²) in [6.07, 6.45) is -2.62. The molecule has 0 radical (unpaired) electrons. The molecule has 0 aliphatic rings. The highest BCUT2D eigenvalue weighted by molar-refractivity contribution is 7.05. The van der Waals surface area contributed by atoms with Crippen LogP contribution < -0.4 is 0 Å². The van der Waals surface area contributed by atoms with Crippen LogP contribution in [0.3, 0.4) is 0 Å². The second-order valence-corrected chi connectivity index (χ2v) is 6.06. The number of nitrogens with zero attached hydrogens (tertiary/aromatic N) is 4. The predicted octanol–water partition coefficient (Wildman–Crippen LogP) is 3.75. The Labute approximate surface area is 148 Å². The van der Waals surface area contributed by atoms with E-state index in [1.165, 1.54) is 30.5 Å². The maximum atomic E-state index is 13.5. The van der Waals surface area contributed by atoms with Gasteiger partial charge in [0.05, 0.1) is 23.0 Å². The molecule has 0 atom stereocenters. The van der Waals surface area contributed by atoms with Crippen molar-refractivity contribution in [1.29, 1.82) is 0 Å². The smallest absolute Gasteiger partial charge is 0.434 e. The summed E-state index contributed by atoms with van der Waals surface area (Å²) in [6.45, 7) is -0.222. The van der Waals surface area contributed by atoms with Crippen molar-refractivity contribution >= 4 is 29.1 Å². The maximum absolute atomic E-state index is 13.5. The molecule has 0 bridgehead atoms. The Hall–Kier alpha value is -2.46. The fourth-order valence-electron chi connectivity index (χ4n) is 2.01. The molecule has 0 aliphatic carbocycles. The van der Waals surface area contributed by atoms with Gasteiger partial charge in [-0.15, -0.1) is 5.10 Å². The number of ether oxygens (including phenoxy) is 1. The third-order valence-corrected chi connectivity index (χ3v) is 3.97. The van der Waals surface area contributed by atoms with Crippen molar-refractivity contribution in [1.82, 2.24) is 19.4 Å². The van der Waals surface area contributed by atoms with Crippen molar-refractivity contribution in [2.45, 2.75) is 12.8 Å². The van der Waals surface area contributed by atoms with Crippen LogP contribution in [0.5, 0.6) is 0 Å². The van der Waals surface area contributed by atoms with E-state index < -0.39 is 23.4 Å². The second-order valence-electron chi connectivity index (χ2n) is 4.75. The largest absolute Gasteiger partial charge is 0.456 e. The minimum atomic E-state index is -4.81. The number of alkyl halides is 3. The Balaban J connectivity index is 1.94. The maximum Gasteiger partial charge on any atom is 0.434 e. The Morgan fingerprint density at radius 3 is 2.56 bits per heavy atom. The summed E-state index contributed by atoms with van der Waals surface area (Å²) in [6, 6.07) is 5.58. The fourth-order valence-corrected chi connectivity index (χ4v) is 2.55. The van der Waals surface area contributed by atoms with Gasteiger partial charge < -0.3 is 4.74 Å². The van der Waals surface area contributed by atoms with Gasteiger partial charge in [-0.25, -0.2) is 9.48 Å². The summed E-state index contributed by atoms with van der Waals surface area (Å²) in [7, 11) is 0. The minimum absolute atomic E-state index is 0.113. The molecule has 0 saturated carbocycles. The van der Waals surface area contributed by atoms with Crippen LogP contribution in [0.2, 0.25) is 5.02 Å². The van der Waals surface area contributed by atoms with Crippen molar-refractivity contribution in [2.24, 2.45) is 0 Å². The van der Waals surface area contributed by atoms with E-state index in [1.807, 2.05) is 0 Å². The molecule has 0 spiro atoms. The average molecular weight is 389 g/mol. The Morgan fingerprint density at radius 2 is 1.96 bits per heavy atom. The van der Waals surface area contributed by atoms with E-state index in [4.69, 9.17) is 16.3 Å². The SMILES string of the molecule is O=C(OCc1cnns1)c1cnn(-c2ccc(Cl)cc2)c1C(F)(F)F. The first-order chi connectivity index (χ1) is 11.9. The summed E-state index contributed by atoms with van der Waals surface area (Å²) in [5.74, 6) is -1.14. The van der Waals surface area contributed by atoms with Gasteiger partial charge in [0.2, 0.25) is 0 Å². The second kappa shape index (κ2) is 6.81. The van der Waals surface area contributed by atoms with Crippen molar-refractivity contribution in [3.8, 4) is 5.69 Å². The van der Waals surface area contributed by atoms with Crippen LogP contribution in [0.1, 0.15) is 20.9 Å². The van der Waals surface area contributed by atoms with E-state index in [0.717, 1.165) is 17.7 Å². The van der Waals surface area contributed by atoms with Crippen molar-refractivity contribution in [3.05, 3.63) is 57.8 Å². The Kier molecular flexibility index (Phi) is 4.73.